The fraction of sp³-hybridized carbons (Fsp3) is 0.200. The summed E-state index contributed by atoms with van der Waals surface area (Å²) in [6, 6.07) is 13.3. The Morgan fingerprint density at radius 3 is 2.47 bits per heavy atom. The van der Waals surface area contributed by atoms with Gasteiger partial charge >= 0.3 is 0 Å². The molecule has 0 fully saturated rings. The van der Waals surface area contributed by atoms with E-state index in [1.54, 1.807) is 18.2 Å². The molecule has 0 atom stereocenters. The van der Waals surface area contributed by atoms with Crippen molar-refractivity contribution in [3.8, 4) is 11.5 Å². The zero-order valence-electron chi connectivity index (χ0n) is 10.1. The standard InChI is InChI=1S/C15H16O2/c1-11-5-3-4-6-13(11)10-17-15-8-7-14(16)9-12(15)2/h3-9,16H,10H2,1-2H3. The van der Waals surface area contributed by atoms with E-state index in [9.17, 15) is 5.11 Å². The molecule has 2 heteroatoms. The van der Waals surface area contributed by atoms with Gasteiger partial charge < -0.3 is 9.84 Å². The zero-order valence-corrected chi connectivity index (χ0v) is 10.1. The van der Waals surface area contributed by atoms with Crippen molar-refractivity contribution >= 4 is 0 Å². The summed E-state index contributed by atoms with van der Waals surface area (Å²) < 4.78 is 5.75. The summed E-state index contributed by atoms with van der Waals surface area (Å²) in [7, 11) is 0. The van der Waals surface area contributed by atoms with Gasteiger partial charge in [-0.25, -0.2) is 0 Å². The van der Waals surface area contributed by atoms with E-state index >= 15 is 0 Å². The van der Waals surface area contributed by atoms with Crippen molar-refractivity contribution in [3.63, 3.8) is 0 Å². The molecule has 1 N–H and O–H groups in total. The number of benzene rings is 2. The molecule has 88 valence electrons. The monoisotopic (exact) mass is 228 g/mol. The van der Waals surface area contributed by atoms with Crippen LogP contribution in [0.5, 0.6) is 11.5 Å². The number of rotatable bonds is 3. The first-order chi connectivity index (χ1) is 8.16. The van der Waals surface area contributed by atoms with Crippen LogP contribution in [0.4, 0.5) is 0 Å². The molecule has 2 aromatic carbocycles. The Kier molecular flexibility index (Phi) is 3.33. The predicted molar refractivity (Wildman–Crippen MR) is 68.4 cm³/mol. The lowest BCUT2D eigenvalue weighted by molar-refractivity contribution is 0.302. The number of hydrogen-bond acceptors (Lipinski definition) is 2. The molecule has 0 aliphatic heterocycles. The Morgan fingerprint density at radius 2 is 1.76 bits per heavy atom. The highest BCUT2D eigenvalue weighted by Crippen LogP contribution is 2.23. The summed E-state index contributed by atoms with van der Waals surface area (Å²) in [6.07, 6.45) is 0. The van der Waals surface area contributed by atoms with Crippen LogP contribution in [-0.2, 0) is 6.61 Å². The van der Waals surface area contributed by atoms with Crippen molar-refractivity contribution in [3.05, 3.63) is 59.2 Å². The first-order valence-corrected chi connectivity index (χ1v) is 5.64. The fourth-order valence-corrected chi connectivity index (χ4v) is 1.72. The van der Waals surface area contributed by atoms with Crippen molar-refractivity contribution in [2.24, 2.45) is 0 Å². The van der Waals surface area contributed by atoms with Gasteiger partial charge in [0, 0.05) is 0 Å². The second-order valence-corrected chi connectivity index (χ2v) is 4.16. The lowest BCUT2D eigenvalue weighted by Gasteiger charge is -2.10. The normalized spacial score (nSPS) is 10.2. The average molecular weight is 228 g/mol. The topological polar surface area (TPSA) is 29.5 Å². The Morgan fingerprint density at radius 1 is 1.00 bits per heavy atom. The van der Waals surface area contributed by atoms with E-state index < -0.39 is 0 Å². The maximum Gasteiger partial charge on any atom is 0.122 e. The predicted octanol–water partition coefficient (Wildman–Crippen LogP) is 3.59. The highest BCUT2D eigenvalue weighted by Gasteiger charge is 2.02. The van der Waals surface area contributed by atoms with Gasteiger partial charge in [-0.15, -0.1) is 0 Å². The van der Waals surface area contributed by atoms with Gasteiger partial charge in [0.2, 0.25) is 0 Å². The molecule has 0 aromatic heterocycles. The molecule has 0 saturated carbocycles. The zero-order chi connectivity index (χ0) is 12.3. The summed E-state index contributed by atoms with van der Waals surface area (Å²) in [5.41, 5.74) is 3.35. The Bertz CT molecular complexity index is 518. The van der Waals surface area contributed by atoms with Gasteiger partial charge in [-0.2, -0.15) is 0 Å². The summed E-state index contributed by atoms with van der Waals surface area (Å²) in [4.78, 5) is 0. The van der Waals surface area contributed by atoms with Gasteiger partial charge in [-0.05, 0) is 48.7 Å². The largest absolute Gasteiger partial charge is 0.508 e. The Balaban J connectivity index is 2.10. The van der Waals surface area contributed by atoms with Gasteiger partial charge in [0.15, 0.2) is 0 Å². The SMILES string of the molecule is Cc1ccccc1COc1ccc(O)cc1C. The molecular weight excluding hydrogens is 212 g/mol. The summed E-state index contributed by atoms with van der Waals surface area (Å²) >= 11 is 0. The maximum atomic E-state index is 9.31. The van der Waals surface area contributed by atoms with Crippen molar-refractivity contribution in [2.75, 3.05) is 0 Å². The second kappa shape index (κ2) is 4.91. The molecule has 0 aliphatic carbocycles. The summed E-state index contributed by atoms with van der Waals surface area (Å²) in [5.74, 6) is 1.08. The van der Waals surface area contributed by atoms with Crippen LogP contribution < -0.4 is 4.74 Å². The smallest absolute Gasteiger partial charge is 0.122 e. The highest BCUT2D eigenvalue weighted by molar-refractivity contribution is 5.38. The van der Waals surface area contributed by atoms with E-state index in [-0.39, 0.29) is 5.75 Å². The molecule has 0 amide bonds. The van der Waals surface area contributed by atoms with Crippen LogP contribution in [-0.4, -0.2) is 5.11 Å². The number of hydrogen-bond donors (Lipinski definition) is 1. The number of ether oxygens (including phenoxy) is 1. The lowest BCUT2D eigenvalue weighted by atomic mass is 10.1. The minimum absolute atomic E-state index is 0.269. The molecule has 0 unspecified atom stereocenters. The van der Waals surface area contributed by atoms with Crippen LogP contribution in [0.15, 0.2) is 42.5 Å². The first kappa shape index (κ1) is 11.5. The second-order valence-electron chi connectivity index (χ2n) is 4.16. The van der Waals surface area contributed by atoms with Crippen LogP contribution in [0.2, 0.25) is 0 Å². The van der Waals surface area contributed by atoms with Crippen LogP contribution in [0.25, 0.3) is 0 Å². The van der Waals surface area contributed by atoms with Crippen molar-refractivity contribution in [1.29, 1.82) is 0 Å². The van der Waals surface area contributed by atoms with Crippen LogP contribution >= 0.6 is 0 Å². The van der Waals surface area contributed by atoms with Crippen LogP contribution in [0, 0.1) is 13.8 Å². The van der Waals surface area contributed by atoms with E-state index in [1.807, 2.05) is 19.1 Å². The van der Waals surface area contributed by atoms with E-state index in [0.717, 1.165) is 11.3 Å². The van der Waals surface area contributed by atoms with E-state index in [4.69, 9.17) is 4.74 Å². The molecule has 0 heterocycles. The molecule has 0 aliphatic rings. The highest BCUT2D eigenvalue weighted by atomic mass is 16.5. The molecule has 0 bridgehead atoms. The Labute approximate surface area is 101 Å². The number of aromatic hydroxyl groups is 1. The third-order valence-corrected chi connectivity index (χ3v) is 2.80. The first-order valence-electron chi connectivity index (χ1n) is 5.64. The van der Waals surface area contributed by atoms with Gasteiger partial charge in [0.25, 0.3) is 0 Å². The summed E-state index contributed by atoms with van der Waals surface area (Å²) in [6.45, 7) is 4.55. The molecule has 0 spiro atoms. The molecule has 0 radical (unpaired) electrons. The Hall–Kier alpha value is -1.96. The number of phenolic OH excluding ortho intramolecular Hbond substituents is 1. The van der Waals surface area contributed by atoms with Crippen molar-refractivity contribution < 1.29 is 9.84 Å². The van der Waals surface area contributed by atoms with Crippen LogP contribution in [0.1, 0.15) is 16.7 Å². The molecular formula is C15H16O2. The van der Waals surface area contributed by atoms with Gasteiger partial charge in [-0.3, -0.25) is 0 Å². The quantitative estimate of drug-likeness (QED) is 0.870. The third kappa shape index (κ3) is 2.78. The van der Waals surface area contributed by atoms with E-state index in [1.165, 1.54) is 11.1 Å². The van der Waals surface area contributed by atoms with Crippen molar-refractivity contribution in [2.45, 2.75) is 20.5 Å². The third-order valence-electron chi connectivity index (χ3n) is 2.80. The average Bonchev–Trinajstić information content (AvgIpc) is 2.30. The minimum Gasteiger partial charge on any atom is -0.508 e. The lowest BCUT2D eigenvalue weighted by Crippen LogP contribution is -1.98. The summed E-state index contributed by atoms with van der Waals surface area (Å²) in [5, 5.41) is 9.31. The van der Waals surface area contributed by atoms with Gasteiger partial charge in [0.05, 0.1) is 0 Å². The van der Waals surface area contributed by atoms with Crippen molar-refractivity contribution in [1.82, 2.24) is 0 Å². The maximum absolute atomic E-state index is 9.31. The molecule has 17 heavy (non-hydrogen) atoms. The van der Waals surface area contributed by atoms with E-state index in [2.05, 4.69) is 19.1 Å². The number of phenols is 1. The van der Waals surface area contributed by atoms with Crippen LogP contribution in [0.3, 0.4) is 0 Å². The molecule has 2 rings (SSSR count). The van der Waals surface area contributed by atoms with Gasteiger partial charge in [-0.1, -0.05) is 24.3 Å². The molecule has 2 aromatic rings. The van der Waals surface area contributed by atoms with Gasteiger partial charge in [0.1, 0.15) is 18.1 Å². The number of aryl methyl sites for hydroxylation is 2. The van der Waals surface area contributed by atoms with E-state index in [0.29, 0.717) is 6.61 Å². The minimum atomic E-state index is 0.269. The fourth-order valence-electron chi connectivity index (χ4n) is 1.72. The molecule has 0 saturated heterocycles. The molecule has 2 nitrogen and oxygen atoms in total.